The molecule has 0 unspecified atom stereocenters. The van der Waals surface area contributed by atoms with Gasteiger partial charge >= 0.3 is 5.97 Å². The summed E-state index contributed by atoms with van der Waals surface area (Å²) in [6.45, 7) is 0. The molecule has 3 aromatic rings. The number of esters is 1. The predicted octanol–water partition coefficient (Wildman–Crippen LogP) is 4.49. The number of carbonyl (C=O) groups excluding carboxylic acids is 2. The lowest BCUT2D eigenvalue weighted by atomic mass is 10.1. The van der Waals surface area contributed by atoms with Gasteiger partial charge in [-0.15, -0.1) is 0 Å². The number of amides is 1. The first-order chi connectivity index (χ1) is 13.6. The van der Waals surface area contributed by atoms with Gasteiger partial charge in [0.05, 0.1) is 7.11 Å². The Morgan fingerprint density at radius 3 is 2.11 bits per heavy atom. The zero-order chi connectivity index (χ0) is 19.8. The Morgan fingerprint density at radius 2 is 1.46 bits per heavy atom. The standard InChI is InChI=1S/C23H21NO4/c1-27-20-12-7-17(8-13-20)9-16-22(25)28-21-14-10-19(11-15-21)24-23(26)18-5-3-2-4-6-18/h2-8,10-15H,9,16H2,1H3,(H,24,26). The quantitative estimate of drug-likeness (QED) is 0.488. The molecule has 1 N–H and O–H groups in total. The molecule has 0 aromatic heterocycles. The van der Waals surface area contributed by atoms with Crippen LogP contribution >= 0.6 is 0 Å². The Labute approximate surface area is 163 Å². The van der Waals surface area contributed by atoms with Crippen LogP contribution in [-0.2, 0) is 11.2 Å². The maximum absolute atomic E-state index is 12.1. The number of aryl methyl sites for hydroxylation is 1. The number of nitrogens with one attached hydrogen (secondary N) is 1. The number of rotatable bonds is 7. The molecule has 0 saturated carbocycles. The second-order valence-electron chi connectivity index (χ2n) is 6.17. The van der Waals surface area contributed by atoms with E-state index >= 15 is 0 Å². The SMILES string of the molecule is COc1ccc(CCC(=O)Oc2ccc(NC(=O)c3ccccc3)cc2)cc1. The highest BCUT2D eigenvalue weighted by atomic mass is 16.5. The van der Waals surface area contributed by atoms with Gasteiger partial charge in [-0.3, -0.25) is 9.59 Å². The molecule has 3 aromatic carbocycles. The molecule has 0 aliphatic rings. The van der Waals surface area contributed by atoms with Gasteiger partial charge in [0.15, 0.2) is 0 Å². The van der Waals surface area contributed by atoms with Crippen LogP contribution in [0.3, 0.4) is 0 Å². The molecule has 0 spiro atoms. The van der Waals surface area contributed by atoms with Gasteiger partial charge in [-0.2, -0.15) is 0 Å². The Kier molecular flexibility index (Phi) is 6.41. The second kappa shape index (κ2) is 9.37. The molecule has 28 heavy (non-hydrogen) atoms. The minimum Gasteiger partial charge on any atom is -0.497 e. The lowest BCUT2D eigenvalue weighted by molar-refractivity contribution is -0.134. The smallest absolute Gasteiger partial charge is 0.311 e. The third-order valence-corrected chi connectivity index (χ3v) is 4.16. The molecule has 0 aliphatic carbocycles. The lowest BCUT2D eigenvalue weighted by Gasteiger charge is -2.08. The molecule has 0 radical (unpaired) electrons. The molecular formula is C23H21NO4. The number of anilines is 1. The minimum absolute atomic E-state index is 0.190. The van der Waals surface area contributed by atoms with Crippen molar-refractivity contribution in [3.63, 3.8) is 0 Å². The molecule has 5 nitrogen and oxygen atoms in total. The van der Waals surface area contributed by atoms with Crippen molar-refractivity contribution in [1.29, 1.82) is 0 Å². The summed E-state index contributed by atoms with van der Waals surface area (Å²) in [5.74, 6) is 0.727. The molecule has 5 heteroatoms. The summed E-state index contributed by atoms with van der Waals surface area (Å²) >= 11 is 0. The molecule has 3 rings (SSSR count). The fraction of sp³-hybridized carbons (Fsp3) is 0.130. The van der Waals surface area contributed by atoms with E-state index in [1.165, 1.54) is 0 Å². The third-order valence-electron chi connectivity index (χ3n) is 4.16. The van der Waals surface area contributed by atoms with Crippen molar-refractivity contribution in [2.45, 2.75) is 12.8 Å². The van der Waals surface area contributed by atoms with Crippen LogP contribution in [0.15, 0.2) is 78.9 Å². The van der Waals surface area contributed by atoms with Gasteiger partial charge in [-0.05, 0) is 60.5 Å². The monoisotopic (exact) mass is 375 g/mol. The van der Waals surface area contributed by atoms with E-state index in [0.29, 0.717) is 23.4 Å². The topological polar surface area (TPSA) is 64.6 Å². The van der Waals surface area contributed by atoms with Crippen LogP contribution in [0.2, 0.25) is 0 Å². The van der Waals surface area contributed by atoms with Crippen LogP contribution in [0, 0.1) is 0 Å². The Hall–Kier alpha value is -3.60. The van der Waals surface area contributed by atoms with Gasteiger partial charge in [0, 0.05) is 17.7 Å². The zero-order valence-electron chi connectivity index (χ0n) is 15.6. The van der Waals surface area contributed by atoms with Crippen molar-refractivity contribution in [3.8, 4) is 11.5 Å². The zero-order valence-corrected chi connectivity index (χ0v) is 15.6. The Morgan fingerprint density at radius 1 is 0.821 bits per heavy atom. The summed E-state index contributed by atoms with van der Waals surface area (Å²) in [5, 5.41) is 2.81. The summed E-state index contributed by atoms with van der Waals surface area (Å²) in [5.41, 5.74) is 2.25. The molecular weight excluding hydrogens is 354 g/mol. The largest absolute Gasteiger partial charge is 0.497 e. The first kappa shape index (κ1) is 19.2. The Bertz CT molecular complexity index is 919. The summed E-state index contributed by atoms with van der Waals surface area (Å²) in [7, 11) is 1.62. The molecule has 1 amide bonds. The van der Waals surface area contributed by atoms with Crippen LogP contribution in [0.4, 0.5) is 5.69 Å². The maximum atomic E-state index is 12.1. The Balaban J connectivity index is 1.49. The van der Waals surface area contributed by atoms with Crippen LogP contribution in [-0.4, -0.2) is 19.0 Å². The third kappa shape index (κ3) is 5.45. The first-order valence-corrected chi connectivity index (χ1v) is 8.94. The number of methoxy groups -OCH3 is 1. The van der Waals surface area contributed by atoms with E-state index in [-0.39, 0.29) is 18.3 Å². The van der Waals surface area contributed by atoms with Crippen LogP contribution in [0.1, 0.15) is 22.3 Å². The number of carbonyl (C=O) groups is 2. The average Bonchev–Trinajstić information content (AvgIpc) is 2.74. The average molecular weight is 375 g/mol. The van der Waals surface area contributed by atoms with E-state index in [1.54, 1.807) is 43.5 Å². The summed E-state index contributed by atoms with van der Waals surface area (Å²) < 4.78 is 10.5. The highest BCUT2D eigenvalue weighted by Gasteiger charge is 2.08. The van der Waals surface area contributed by atoms with E-state index in [0.717, 1.165) is 11.3 Å². The molecule has 0 bridgehead atoms. The molecule has 0 aliphatic heterocycles. The fourth-order valence-corrected chi connectivity index (χ4v) is 2.62. The number of ether oxygens (including phenoxy) is 2. The van der Waals surface area contributed by atoms with Crippen molar-refractivity contribution < 1.29 is 19.1 Å². The second-order valence-corrected chi connectivity index (χ2v) is 6.17. The van der Waals surface area contributed by atoms with Gasteiger partial charge < -0.3 is 14.8 Å². The van der Waals surface area contributed by atoms with Crippen LogP contribution < -0.4 is 14.8 Å². The van der Waals surface area contributed by atoms with Crippen molar-refractivity contribution in [3.05, 3.63) is 90.0 Å². The minimum atomic E-state index is -0.308. The summed E-state index contributed by atoms with van der Waals surface area (Å²) in [6, 6.07) is 23.3. The van der Waals surface area contributed by atoms with Crippen LogP contribution in [0.5, 0.6) is 11.5 Å². The molecule has 0 atom stereocenters. The van der Waals surface area contributed by atoms with Gasteiger partial charge in [0.1, 0.15) is 11.5 Å². The van der Waals surface area contributed by atoms with Crippen molar-refractivity contribution in [2.75, 3.05) is 12.4 Å². The highest BCUT2D eigenvalue weighted by Crippen LogP contribution is 2.18. The summed E-state index contributed by atoms with van der Waals surface area (Å²) in [6.07, 6.45) is 0.868. The van der Waals surface area contributed by atoms with Crippen molar-refractivity contribution >= 4 is 17.6 Å². The molecule has 0 saturated heterocycles. The first-order valence-electron chi connectivity index (χ1n) is 8.94. The van der Waals surface area contributed by atoms with Gasteiger partial charge in [0.25, 0.3) is 5.91 Å². The number of hydrogen-bond acceptors (Lipinski definition) is 4. The van der Waals surface area contributed by atoms with Gasteiger partial charge in [-0.1, -0.05) is 30.3 Å². The lowest BCUT2D eigenvalue weighted by Crippen LogP contribution is -2.12. The van der Waals surface area contributed by atoms with E-state index < -0.39 is 0 Å². The van der Waals surface area contributed by atoms with Gasteiger partial charge in [-0.25, -0.2) is 0 Å². The number of hydrogen-bond donors (Lipinski definition) is 1. The predicted molar refractivity (Wildman–Crippen MR) is 108 cm³/mol. The maximum Gasteiger partial charge on any atom is 0.311 e. The van der Waals surface area contributed by atoms with Crippen LogP contribution in [0.25, 0.3) is 0 Å². The molecule has 0 heterocycles. The van der Waals surface area contributed by atoms with E-state index in [1.807, 2.05) is 42.5 Å². The van der Waals surface area contributed by atoms with E-state index in [4.69, 9.17) is 9.47 Å². The fourth-order valence-electron chi connectivity index (χ4n) is 2.62. The van der Waals surface area contributed by atoms with Crippen molar-refractivity contribution in [1.82, 2.24) is 0 Å². The normalized spacial score (nSPS) is 10.2. The highest BCUT2D eigenvalue weighted by molar-refractivity contribution is 6.04. The summed E-state index contributed by atoms with van der Waals surface area (Å²) in [4.78, 5) is 24.2. The van der Waals surface area contributed by atoms with Gasteiger partial charge in [0.2, 0.25) is 0 Å². The number of benzene rings is 3. The molecule has 142 valence electrons. The van der Waals surface area contributed by atoms with Crippen molar-refractivity contribution in [2.24, 2.45) is 0 Å². The van der Waals surface area contributed by atoms with E-state index in [9.17, 15) is 9.59 Å². The molecule has 0 fully saturated rings. The van der Waals surface area contributed by atoms with E-state index in [2.05, 4.69) is 5.32 Å².